The van der Waals surface area contributed by atoms with Crippen molar-refractivity contribution < 1.29 is 4.74 Å². The molecule has 0 aliphatic rings. The second kappa shape index (κ2) is 6.97. The summed E-state index contributed by atoms with van der Waals surface area (Å²) in [6, 6.07) is 0. The van der Waals surface area contributed by atoms with Crippen molar-refractivity contribution in [2.75, 3.05) is 0 Å². The second-order valence-electron chi connectivity index (χ2n) is 3.04. The van der Waals surface area contributed by atoms with Crippen molar-refractivity contribution in [1.82, 2.24) is 0 Å². The van der Waals surface area contributed by atoms with Crippen LogP contribution in [0.5, 0.6) is 0 Å². The average molecular weight is 191 g/mol. The molecule has 0 fully saturated rings. The van der Waals surface area contributed by atoms with Gasteiger partial charge in [0.25, 0.3) is 6.26 Å². The Bertz CT molecular complexity index is 292. The Hall–Kier alpha value is -1.49. The van der Waals surface area contributed by atoms with Crippen LogP contribution in [0.15, 0.2) is 35.6 Å². The lowest BCUT2D eigenvalue weighted by molar-refractivity contribution is 0.331. The van der Waals surface area contributed by atoms with Gasteiger partial charge < -0.3 is 4.74 Å². The van der Waals surface area contributed by atoms with E-state index in [4.69, 9.17) is 10.00 Å². The van der Waals surface area contributed by atoms with Gasteiger partial charge in [0.2, 0.25) is 0 Å². The zero-order chi connectivity index (χ0) is 11.0. The van der Waals surface area contributed by atoms with Crippen LogP contribution < -0.4 is 0 Å². The minimum Gasteiger partial charge on any atom is -0.392 e. The lowest BCUT2D eigenvalue weighted by Crippen LogP contribution is -2.02. The molecule has 0 aliphatic carbocycles. The molecule has 0 spiro atoms. The molecule has 0 bridgehead atoms. The highest BCUT2D eigenvalue weighted by Gasteiger charge is 2.10. The van der Waals surface area contributed by atoms with Crippen molar-refractivity contribution in [3.63, 3.8) is 0 Å². The molecular formula is C12H17NO. The number of nitrogens with zero attached hydrogens (tertiary/aromatic N) is 1. The first-order valence-corrected chi connectivity index (χ1v) is 4.69. The molecule has 0 aromatic carbocycles. The van der Waals surface area contributed by atoms with E-state index in [-0.39, 0.29) is 5.92 Å². The van der Waals surface area contributed by atoms with E-state index < -0.39 is 0 Å². The number of ether oxygens (including phenoxy) is 1. The Labute approximate surface area is 86.2 Å². The van der Waals surface area contributed by atoms with E-state index in [0.717, 1.165) is 0 Å². The highest BCUT2D eigenvalue weighted by Crippen LogP contribution is 2.20. The minimum atomic E-state index is 0.149. The summed E-state index contributed by atoms with van der Waals surface area (Å²) in [6.07, 6.45) is 9.32. The van der Waals surface area contributed by atoms with Gasteiger partial charge in [-0.05, 0) is 26.8 Å². The van der Waals surface area contributed by atoms with Crippen LogP contribution in [-0.2, 0) is 4.74 Å². The van der Waals surface area contributed by atoms with Crippen LogP contribution in [0.3, 0.4) is 0 Å². The molecule has 0 aromatic rings. The first kappa shape index (κ1) is 12.5. The molecule has 0 rings (SSSR count). The summed E-state index contributed by atoms with van der Waals surface area (Å²) in [7, 11) is 0. The Kier molecular flexibility index (Phi) is 6.22. The third-order valence-corrected chi connectivity index (χ3v) is 2.18. The van der Waals surface area contributed by atoms with E-state index in [9.17, 15) is 0 Å². The fourth-order valence-electron chi connectivity index (χ4n) is 0.985. The van der Waals surface area contributed by atoms with Crippen LogP contribution in [0.2, 0.25) is 0 Å². The summed E-state index contributed by atoms with van der Waals surface area (Å²) in [6.45, 7) is 7.94. The number of hydrogen-bond donors (Lipinski definition) is 0. The van der Waals surface area contributed by atoms with Crippen LogP contribution in [0, 0.1) is 17.4 Å². The van der Waals surface area contributed by atoms with Crippen molar-refractivity contribution in [3.8, 4) is 6.26 Å². The Morgan fingerprint density at radius 3 is 2.50 bits per heavy atom. The maximum Gasteiger partial charge on any atom is 0.291 e. The fourth-order valence-corrected chi connectivity index (χ4v) is 0.985. The molecule has 76 valence electrons. The molecule has 14 heavy (non-hydrogen) atoms. The topological polar surface area (TPSA) is 33.0 Å². The predicted molar refractivity (Wildman–Crippen MR) is 58.2 cm³/mol. The highest BCUT2D eigenvalue weighted by atomic mass is 16.5. The molecule has 2 nitrogen and oxygen atoms in total. The number of nitriles is 1. The fraction of sp³-hybridized carbons (Fsp3) is 0.417. The summed E-state index contributed by atoms with van der Waals surface area (Å²) in [4.78, 5) is 0. The van der Waals surface area contributed by atoms with E-state index in [2.05, 4.69) is 0 Å². The summed E-state index contributed by atoms with van der Waals surface area (Å²) >= 11 is 0. The standard InChI is InChI=1S/C12H17NO/c1-5-7-8-12(14-9-13)11(4)10(3)6-2/h5-8,11H,1-4H3/b7-5-,10-6?,12-8+. The molecule has 1 unspecified atom stereocenters. The minimum absolute atomic E-state index is 0.149. The first-order chi connectivity index (χ1) is 6.67. The average Bonchev–Trinajstić information content (AvgIpc) is 2.22. The molecule has 0 aromatic heterocycles. The van der Waals surface area contributed by atoms with Gasteiger partial charge in [-0.3, -0.25) is 0 Å². The van der Waals surface area contributed by atoms with E-state index in [1.165, 1.54) is 5.57 Å². The lowest BCUT2D eigenvalue weighted by atomic mass is 10.00. The summed E-state index contributed by atoms with van der Waals surface area (Å²) < 4.78 is 4.90. The molecule has 2 heteroatoms. The van der Waals surface area contributed by atoms with Crippen LogP contribution in [-0.4, -0.2) is 0 Å². The van der Waals surface area contributed by atoms with Gasteiger partial charge in [-0.2, -0.15) is 0 Å². The zero-order valence-corrected chi connectivity index (χ0v) is 9.24. The number of rotatable bonds is 4. The maximum absolute atomic E-state index is 8.48. The van der Waals surface area contributed by atoms with Gasteiger partial charge in [-0.1, -0.05) is 30.7 Å². The zero-order valence-electron chi connectivity index (χ0n) is 9.24. The van der Waals surface area contributed by atoms with Crippen molar-refractivity contribution in [1.29, 1.82) is 5.26 Å². The van der Waals surface area contributed by atoms with Gasteiger partial charge in [0, 0.05) is 5.92 Å². The molecule has 0 amide bonds. The van der Waals surface area contributed by atoms with Crippen molar-refractivity contribution in [2.45, 2.75) is 27.7 Å². The van der Waals surface area contributed by atoms with Crippen molar-refractivity contribution in [3.05, 3.63) is 35.6 Å². The second-order valence-corrected chi connectivity index (χ2v) is 3.04. The normalized spacial score (nSPS) is 15.4. The molecule has 0 radical (unpaired) electrons. The number of allylic oxidation sites excluding steroid dienone is 5. The smallest absolute Gasteiger partial charge is 0.291 e. The molecule has 0 heterocycles. The Morgan fingerprint density at radius 2 is 2.07 bits per heavy atom. The molecule has 0 saturated heterocycles. The predicted octanol–water partition coefficient (Wildman–Crippen LogP) is 3.55. The van der Waals surface area contributed by atoms with Gasteiger partial charge in [-0.15, -0.1) is 5.26 Å². The van der Waals surface area contributed by atoms with E-state index in [1.807, 2.05) is 52.0 Å². The van der Waals surface area contributed by atoms with Crippen LogP contribution in [0.4, 0.5) is 0 Å². The Balaban J connectivity index is 4.75. The first-order valence-electron chi connectivity index (χ1n) is 4.69. The Morgan fingerprint density at radius 1 is 1.43 bits per heavy atom. The largest absolute Gasteiger partial charge is 0.392 e. The van der Waals surface area contributed by atoms with Crippen molar-refractivity contribution in [2.24, 2.45) is 5.92 Å². The summed E-state index contributed by atoms with van der Waals surface area (Å²) in [5, 5.41) is 8.48. The quantitative estimate of drug-likeness (QED) is 0.294. The van der Waals surface area contributed by atoms with Gasteiger partial charge in [0.05, 0.1) is 0 Å². The van der Waals surface area contributed by atoms with Crippen LogP contribution >= 0.6 is 0 Å². The van der Waals surface area contributed by atoms with Gasteiger partial charge in [0.1, 0.15) is 5.76 Å². The van der Waals surface area contributed by atoms with Gasteiger partial charge in [-0.25, -0.2) is 0 Å². The lowest BCUT2D eigenvalue weighted by Gasteiger charge is -2.12. The van der Waals surface area contributed by atoms with Crippen molar-refractivity contribution >= 4 is 0 Å². The number of hydrogen-bond acceptors (Lipinski definition) is 2. The monoisotopic (exact) mass is 191 g/mol. The van der Waals surface area contributed by atoms with Crippen LogP contribution in [0.1, 0.15) is 27.7 Å². The summed E-state index contributed by atoms with van der Waals surface area (Å²) in [5.74, 6) is 0.831. The molecule has 0 aliphatic heterocycles. The van der Waals surface area contributed by atoms with E-state index in [1.54, 1.807) is 6.26 Å². The SMILES string of the molecule is CC=C(C)C(C)/C(=C\C=C/C)OC#N. The van der Waals surface area contributed by atoms with Gasteiger partial charge >= 0.3 is 0 Å². The third kappa shape index (κ3) is 3.95. The molecule has 0 saturated carbocycles. The summed E-state index contributed by atoms with van der Waals surface area (Å²) in [5.41, 5.74) is 1.19. The third-order valence-electron chi connectivity index (χ3n) is 2.18. The molecule has 1 atom stereocenters. The molecule has 0 N–H and O–H groups in total. The van der Waals surface area contributed by atoms with Gasteiger partial charge in [0.15, 0.2) is 0 Å². The molecular weight excluding hydrogens is 174 g/mol. The highest BCUT2D eigenvalue weighted by molar-refractivity contribution is 5.18. The van der Waals surface area contributed by atoms with Crippen LogP contribution in [0.25, 0.3) is 0 Å². The van der Waals surface area contributed by atoms with E-state index in [0.29, 0.717) is 5.76 Å². The van der Waals surface area contributed by atoms with E-state index >= 15 is 0 Å². The maximum atomic E-state index is 8.48.